The van der Waals surface area contributed by atoms with Gasteiger partial charge in [-0.3, -0.25) is 9.63 Å². The molecule has 2 aromatic rings. The number of esters is 1. The zero-order valence-electron chi connectivity index (χ0n) is 15.9. The number of hydroxylamine groups is 1. The monoisotopic (exact) mass is 417 g/mol. The number of carbonyl (C=O) groups excluding carboxylic acids is 2. The van der Waals surface area contributed by atoms with Gasteiger partial charge in [-0.25, -0.2) is 13.2 Å². The van der Waals surface area contributed by atoms with E-state index in [4.69, 9.17) is 14.8 Å². The van der Waals surface area contributed by atoms with Crippen molar-refractivity contribution in [2.24, 2.45) is 0 Å². The Hall–Kier alpha value is -3.26. The Kier molecular flexibility index (Phi) is 7.06. The summed E-state index contributed by atoms with van der Waals surface area (Å²) in [7, 11) is -1.52. The van der Waals surface area contributed by atoms with E-state index < -0.39 is 28.0 Å². The number of ether oxygens (including phenoxy) is 1. The second-order valence-corrected chi connectivity index (χ2v) is 7.79. The third-order valence-electron chi connectivity index (χ3n) is 3.90. The van der Waals surface area contributed by atoms with Gasteiger partial charge < -0.3 is 10.1 Å². The SMILES string of the molecule is CON(C)S(=O)(=O)c1cccc(C(=O)O[C@H](C)C(=O)Nc2ccc(C#N)cc2)c1. The fraction of sp³-hybridized carbons (Fsp3) is 0.211. The van der Waals surface area contributed by atoms with E-state index in [2.05, 4.69) is 5.32 Å². The summed E-state index contributed by atoms with van der Waals surface area (Å²) in [4.78, 5) is 29.1. The maximum atomic E-state index is 12.3. The number of benzene rings is 2. The summed E-state index contributed by atoms with van der Waals surface area (Å²) < 4.78 is 30.3. The molecule has 29 heavy (non-hydrogen) atoms. The van der Waals surface area contributed by atoms with Crippen LogP contribution >= 0.6 is 0 Å². The van der Waals surface area contributed by atoms with Crippen molar-refractivity contribution in [3.05, 3.63) is 59.7 Å². The number of hydrogen-bond acceptors (Lipinski definition) is 7. The number of nitriles is 1. The van der Waals surface area contributed by atoms with Crippen LogP contribution in [0, 0.1) is 11.3 Å². The summed E-state index contributed by atoms with van der Waals surface area (Å²) in [5, 5.41) is 11.3. The highest BCUT2D eigenvalue weighted by Gasteiger charge is 2.24. The van der Waals surface area contributed by atoms with Crippen LogP contribution in [-0.2, 0) is 24.4 Å². The molecule has 0 saturated heterocycles. The topological polar surface area (TPSA) is 126 Å². The van der Waals surface area contributed by atoms with E-state index in [-0.39, 0.29) is 10.5 Å². The molecule has 0 unspecified atom stereocenters. The molecule has 0 aliphatic carbocycles. The first-order valence-electron chi connectivity index (χ1n) is 8.34. The minimum atomic E-state index is -3.94. The van der Waals surface area contributed by atoms with Gasteiger partial charge in [0.25, 0.3) is 15.9 Å². The minimum absolute atomic E-state index is 0.0337. The molecule has 0 radical (unpaired) electrons. The summed E-state index contributed by atoms with van der Waals surface area (Å²) in [6.07, 6.45) is -1.14. The first kappa shape index (κ1) is 22.0. The van der Waals surface area contributed by atoms with Gasteiger partial charge in [0.2, 0.25) is 0 Å². The van der Waals surface area contributed by atoms with Crippen LogP contribution in [0.1, 0.15) is 22.8 Å². The van der Waals surface area contributed by atoms with E-state index >= 15 is 0 Å². The van der Waals surface area contributed by atoms with Gasteiger partial charge in [-0.15, -0.1) is 0 Å². The molecule has 1 N–H and O–H groups in total. The molecule has 2 rings (SSSR count). The van der Waals surface area contributed by atoms with Crippen LogP contribution in [0.2, 0.25) is 0 Å². The fourth-order valence-electron chi connectivity index (χ4n) is 2.18. The van der Waals surface area contributed by atoms with Crippen LogP contribution in [0.25, 0.3) is 0 Å². The number of anilines is 1. The number of sulfonamides is 1. The minimum Gasteiger partial charge on any atom is -0.449 e. The summed E-state index contributed by atoms with van der Waals surface area (Å²) in [5.41, 5.74) is 0.845. The quantitative estimate of drug-likeness (QED) is 0.539. The summed E-state index contributed by atoms with van der Waals surface area (Å²) in [5.74, 6) is -1.43. The van der Waals surface area contributed by atoms with E-state index in [1.54, 1.807) is 12.1 Å². The lowest BCUT2D eigenvalue weighted by atomic mass is 10.2. The van der Waals surface area contributed by atoms with Crippen molar-refractivity contribution >= 4 is 27.6 Å². The van der Waals surface area contributed by atoms with Gasteiger partial charge in [-0.05, 0) is 49.4 Å². The molecular formula is C19H19N3O6S. The van der Waals surface area contributed by atoms with E-state index in [0.717, 1.165) is 6.07 Å². The molecule has 10 heteroatoms. The van der Waals surface area contributed by atoms with Crippen molar-refractivity contribution in [3.8, 4) is 6.07 Å². The van der Waals surface area contributed by atoms with Crippen LogP contribution in [0.3, 0.4) is 0 Å². The van der Waals surface area contributed by atoms with Gasteiger partial charge in [0.15, 0.2) is 6.10 Å². The van der Waals surface area contributed by atoms with E-state index in [1.807, 2.05) is 6.07 Å². The van der Waals surface area contributed by atoms with Gasteiger partial charge in [-0.2, -0.15) is 5.26 Å². The molecule has 152 valence electrons. The number of nitrogens with zero attached hydrogens (tertiary/aromatic N) is 2. The van der Waals surface area contributed by atoms with Gasteiger partial charge in [0.05, 0.1) is 29.2 Å². The highest BCUT2D eigenvalue weighted by molar-refractivity contribution is 7.89. The van der Waals surface area contributed by atoms with Crippen molar-refractivity contribution in [1.82, 2.24) is 4.47 Å². The maximum Gasteiger partial charge on any atom is 0.338 e. The molecular weight excluding hydrogens is 398 g/mol. The molecule has 0 bridgehead atoms. The Bertz CT molecular complexity index is 1040. The van der Waals surface area contributed by atoms with Crippen LogP contribution in [0.5, 0.6) is 0 Å². The second kappa shape index (κ2) is 9.29. The smallest absolute Gasteiger partial charge is 0.338 e. The molecule has 0 aliphatic heterocycles. The summed E-state index contributed by atoms with van der Waals surface area (Å²) >= 11 is 0. The van der Waals surface area contributed by atoms with Crippen molar-refractivity contribution in [2.45, 2.75) is 17.9 Å². The zero-order chi connectivity index (χ0) is 21.6. The van der Waals surface area contributed by atoms with Gasteiger partial charge >= 0.3 is 5.97 Å². The van der Waals surface area contributed by atoms with Crippen molar-refractivity contribution < 1.29 is 27.6 Å². The summed E-state index contributed by atoms with van der Waals surface area (Å²) in [6.45, 7) is 1.39. The fourth-order valence-corrected chi connectivity index (χ4v) is 3.20. The standard InChI is InChI=1S/C19H19N3O6S/c1-13(18(23)21-16-9-7-14(12-20)8-10-16)28-19(24)15-5-4-6-17(11-15)29(25,26)22(2)27-3/h4-11,13H,1-3H3,(H,21,23)/t13-/m1/s1. The first-order valence-corrected chi connectivity index (χ1v) is 9.78. The van der Waals surface area contributed by atoms with Crippen molar-refractivity contribution in [3.63, 3.8) is 0 Å². The van der Waals surface area contributed by atoms with E-state index in [1.165, 1.54) is 51.4 Å². The largest absolute Gasteiger partial charge is 0.449 e. The van der Waals surface area contributed by atoms with Crippen LogP contribution < -0.4 is 5.32 Å². The van der Waals surface area contributed by atoms with Gasteiger partial charge in [0, 0.05) is 12.7 Å². The third-order valence-corrected chi connectivity index (χ3v) is 5.57. The molecule has 2 aromatic carbocycles. The van der Waals surface area contributed by atoms with Crippen molar-refractivity contribution in [1.29, 1.82) is 5.26 Å². The Labute approximate surface area is 168 Å². The Morgan fingerprint density at radius 2 is 1.83 bits per heavy atom. The normalized spacial score (nSPS) is 12.1. The Morgan fingerprint density at radius 1 is 1.17 bits per heavy atom. The lowest BCUT2D eigenvalue weighted by molar-refractivity contribution is -0.123. The molecule has 0 heterocycles. The third kappa shape index (κ3) is 5.39. The molecule has 0 saturated carbocycles. The van der Waals surface area contributed by atoms with Crippen LogP contribution in [0.15, 0.2) is 53.4 Å². The molecule has 1 amide bonds. The highest BCUT2D eigenvalue weighted by Crippen LogP contribution is 2.17. The number of amides is 1. The van der Waals surface area contributed by atoms with E-state index in [0.29, 0.717) is 15.7 Å². The highest BCUT2D eigenvalue weighted by atomic mass is 32.2. The number of hydrogen-bond donors (Lipinski definition) is 1. The number of rotatable bonds is 7. The van der Waals surface area contributed by atoms with Gasteiger partial charge in [-0.1, -0.05) is 10.5 Å². The van der Waals surface area contributed by atoms with Gasteiger partial charge in [0.1, 0.15) is 0 Å². The Balaban J connectivity index is 2.08. The lowest BCUT2D eigenvalue weighted by Gasteiger charge is -2.16. The summed E-state index contributed by atoms with van der Waals surface area (Å²) in [6, 6.07) is 13.3. The van der Waals surface area contributed by atoms with Crippen LogP contribution in [0.4, 0.5) is 5.69 Å². The number of carbonyl (C=O) groups is 2. The number of nitrogens with one attached hydrogen (secondary N) is 1. The molecule has 9 nitrogen and oxygen atoms in total. The van der Waals surface area contributed by atoms with Crippen molar-refractivity contribution in [2.75, 3.05) is 19.5 Å². The maximum absolute atomic E-state index is 12.3. The molecule has 0 aromatic heterocycles. The lowest BCUT2D eigenvalue weighted by Crippen LogP contribution is -2.30. The van der Waals surface area contributed by atoms with E-state index in [9.17, 15) is 18.0 Å². The molecule has 1 atom stereocenters. The molecule has 0 fully saturated rings. The average molecular weight is 417 g/mol. The second-order valence-electron chi connectivity index (χ2n) is 5.85. The zero-order valence-corrected chi connectivity index (χ0v) is 16.8. The predicted octanol–water partition coefficient (Wildman–Crippen LogP) is 1.92. The average Bonchev–Trinajstić information content (AvgIpc) is 2.73. The molecule has 0 aliphatic rings. The predicted molar refractivity (Wildman–Crippen MR) is 103 cm³/mol. The Morgan fingerprint density at radius 3 is 2.41 bits per heavy atom. The molecule has 0 spiro atoms. The first-order chi connectivity index (χ1) is 13.7. The van der Waals surface area contributed by atoms with Crippen LogP contribution in [-0.4, -0.2) is 45.0 Å².